The summed E-state index contributed by atoms with van der Waals surface area (Å²) in [6.07, 6.45) is 0. The van der Waals surface area contributed by atoms with Gasteiger partial charge in [-0.2, -0.15) is 0 Å². The summed E-state index contributed by atoms with van der Waals surface area (Å²) in [7, 11) is -3.71. The number of primary sulfonamides is 1. The van der Waals surface area contributed by atoms with E-state index >= 15 is 0 Å². The first-order valence-electron chi connectivity index (χ1n) is 6.46. The quantitative estimate of drug-likeness (QED) is 0.851. The van der Waals surface area contributed by atoms with Crippen molar-refractivity contribution in [2.75, 3.05) is 0 Å². The van der Waals surface area contributed by atoms with Crippen LogP contribution in [0.25, 0.3) is 0 Å². The van der Waals surface area contributed by atoms with Gasteiger partial charge >= 0.3 is 0 Å². The summed E-state index contributed by atoms with van der Waals surface area (Å²) >= 11 is 3.32. The molecule has 5 nitrogen and oxygen atoms in total. The van der Waals surface area contributed by atoms with Crippen molar-refractivity contribution in [3.63, 3.8) is 0 Å². The van der Waals surface area contributed by atoms with E-state index in [9.17, 15) is 13.2 Å². The molecule has 22 heavy (non-hydrogen) atoms. The van der Waals surface area contributed by atoms with Crippen molar-refractivity contribution in [1.29, 1.82) is 0 Å². The monoisotopic (exact) mass is 382 g/mol. The second kappa shape index (κ2) is 6.60. The fourth-order valence-corrected chi connectivity index (χ4v) is 2.85. The van der Waals surface area contributed by atoms with E-state index in [4.69, 9.17) is 5.14 Å². The summed E-state index contributed by atoms with van der Waals surface area (Å²) in [5.74, 6) is -0.204. The zero-order chi connectivity index (χ0) is 16.3. The molecule has 2 aromatic rings. The van der Waals surface area contributed by atoms with Crippen LogP contribution >= 0.6 is 15.9 Å². The van der Waals surface area contributed by atoms with Crippen LogP contribution in [-0.2, 0) is 10.0 Å². The Morgan fingerprint density at radius 2 is 1.82 bits per heavy atom. The number of sulfonamides is 1. The van der Waals surface area contributed by atoms with Gasteiger partial charge in [0.15, 0.2) is 0 Å². The molecule has 1 atom stereocenters. The number of rotatable bonds is 4. The van der Waals surface area contributed by atoms with E-state index < -0.39 is 10.0 Å². The molecule has 0 saturated heterocycles. The highest BCUT2D eigenvalue weighted by molar-refractivity contribution is 9.10. The lowest BCUT2D eigenvalue weighted by Crippen LogP contribution is -2.26. The lowest BCUT2D eigenvalue weighted by Gasteiger charge is -2.15. The Bertz CT molecular complexity index is 789. The number of carbonyl (C=O) groups is 1. The zero-order valence-corrected chi connectivity index (χ0v) is 14.2. The van der Waals surface area contributed by atoms with Gasteiger partial charge in [-0.05, 0) is 42.8 Å². The highest BCUT2D eigenvalue weighted by Gasteiger charge is 2.13. The van der Waals surface area contributed by atoms with Crippen molar-refractivity contribution in [3.05, 3.63) is 64.1 Å². The van der Waals surface area contributed by atoms with Crippen molar-refractivity contribution < 1.29 is 13.2 Å². The summed E-state index contributed by atoms with van der Waals surface area (Å²) in [5.41, 5.74) is 1.33. The van der Waals surface area contributed by atoms with Crippen LogP contribution in [0.3, 0.4) is 0 Å². The molecule has 0 saturated carbocycles. The van der Waals surface area contributed by atoms with Crippen molar-refractivity contribution in [2.45, 2.75) is 17.9 Å². The Hall–Kier alpha value is -1.70. The van der Waals surface area contributed by atoms with E-state index in [0.29, 0.717) is 5.56 Å². The number of carbonyl (C=O) groups excluding carboxylic acids is 1. The molecule has 0 radical (unpaired) electrons. The molecule has 3 N–H and O–H groups in total. The Morgan fingerprint density at radius 3 is 2.36 bits per heavy atom. The van der Waals surface area contributed by atoms with Gasteiger partial charge in [0.2, 0.25) is 10.0 Å². The summed E-state index contributed by atoms with van der Waals surface area (Å²) in [5, 5.41) is 7.91. The van der Waals surface area contributed by atoms with Crippen molar-refractivity contribution in [2.24, 2.45) is 5.14 Å². The summed E-state index contributed by atoms with van der Waals surface area (Å²) in [6.45, 7) is 1.82. The maximum atomic E-state index is 12.2. The van der Waals surface area contributed by atoms with E-state index in [1.54, 1.807) is 30.3 Å². The average molecular weight is 383 g/mol. The van der Waals surface area contributed by atoms with Gasteiger partial charge in [0.25, 0.3) is 5.91 Å². The van der Waals surface area contributed by atoms with Crippen molar-refractivity contribution >= 4 is 31.9 Å². The predicted octanol–water partition coefficient (Wildman–Crippen LogP) is 2.59. The maximum Gasteiger partial charge on any atom is 0.251 e. The third kappa shape index (κ3) is 4.16. The fourth-order valence-electron chi connectivity index (χ4n) is 1.94. The van der Waals surface area contributed by atoms with Gasteiger partial charge in [0, 0.05) is 10.0 Å². The second-order valence-electron chi connectivity index (χ2n) is 4.82. The first-order chi connectivity index (χ1) is 10.3. The highest BCUT2D eigenvalue weighted by Crippen LogP contribution is 2.17. The molecule has 0 aliphatic heterocycles. The Balaban J connectivity index is 2.12. The van der Waals surface area contributed by atoms with E-state index in [1.165, 1.54) is 12.1 Å². The first-order valence-corrected chi connectivity index (χ1v) is 8.80. The molecule has 2 rings (SSSR count). The van der Waals surface area contributed by atoms with Crippen LogP contribution in [0.2, 0.25) is 0 Å². The van der Waals surface area contributed by atoms with E-state index in [1.807, 2.05) is 13.0 Å². The van der Waals surface area contributed by atoms with Crippen LogP contribution in [0.5, 0.6) is 0 Å². The molecule has 116 valence electrons. The van der Waals surface area contributed by atoms with Gasteiger partial charge in [-0.1, -0.05) is 34.1 Å². The first kappa shape index (κ1) is 16.7. The van der Waals surface area contributed by atoms with Crippen LogP contribution < -0.4 is 10.5 Å². The number of halogens is 1. The smallest absolute Gasteiger partial charge is 0.251 e. The molecule has 0 spiro atoms. The Kier molecular flexibility index (Phi) is 5.00. The number of amides is 1. The lowest BCUT2D eigenvalue weighted by atomic mass is 10.1. The van der Waals surface area contributed by atoms with E-state index in [-0.39, 0.29) is 16.8 Å². The van der Waals surface area contributed by atoms with Crippen LogP contribution in [0.1, 0.15) is 28.9 Å². The third-order valence-corrected chi connectivity index (χ3v) is 4.57. The fraction of sp³-hybridized carbons (Fsp3) is 0.133. The zero-order valence-electron chi connectivity index (χ0n) is 11.8. The molecule has 2 aromatic carbocycles. The number of nitrogens with two attached hydrogens (primary N) is 1. The topological polar surface area (TPSA) is 89.3 Å². The van der Waals surface area contributed by atoms with E-state index in [2.05, 4.69) is 21.2 Å². The molecule has 1 amide bonds. The number of hydrogen-bond acceptors (Lipinski definition) is 3. The highest BCUT2D eigenvalue weighted by atomic mass is 79.9. The van der Waals surface area contributed by atoms with Gasteiger partial charge in [0.1, 0.15) is 0 Å². The molecule has 0 heterocycles. The third-order valence-electron chi connectivity index (χ3n) is 3.14. The maximum absolute atomic E-state index is 12.2. The summed E-state index contributed by atoms with van der Waals surface area (Å²) in [4.78, 5) is 12.2. The van der Waals surface area contributed by atoms with Gasteiger partial charge < -0.3 is 5.32 Å². The number of nitrogens with one attached hydrogen (secondary N) is 1. The van der Waals surface area contributed by atoms with Crippen molar-refractivity contribution in [1.82, 2.24) is 5.32 Å². The number of benzene rings is 2. The van der Waals surface area contributed by atoms with Crippen molar-refractivity contribution in [3.8, 4) is 0 Å². The molecule has 0 fully saturated rings. The van der Waals surface area contributed by atoms with Crippen LogP contribution in [0, 0.1) is 0 Å². The minimum absolute atomic E-state index is 0.0433. The molecule has 0 unspecified atom stereocenters. The normalized spacial score (nSPS) is 12.7. The second-order valence-corrected chi connectivity index (χ2v) is 7.30. The minimum atomic E-state index is -3.71. The predicted molar refractivity (Wildman–Crippen MR) is 87.8 cm³/mol. The molecule has 0 aliphatic carbocycles. The molecule has 0 bridgehead atoms. The van der Waals surface area contributed by atoms with Crippen LogP contribution in [0.15, 0.2) is 57.9 Å². The Labute approximate surface area is 137 Å². The standard InChI is InChI=1S/C15H15BrN2O3S/c1-10(11-5-7-14(8-6-11)22(17,20)21)18-15(19)12-3-2-4-13(16)9-12/h2-10H,1H3,(H,18,19)(H2,17,20,21)/t10-/m1/s1. The van der Waals surface area contributed by atoms with Gasteiger partial charge in [-0.25, -0.2) is 13.6 Å². The molecule has 0 aromatic heterocycles. The van der Waals surface area contributed by atoms with E-state index in [0.717, 1.165) is 10.0 Å². The lowest BCUT2D eigenvalue weighted by molar-refractivity contribution is 0.0940. The molecular formula is C15H15BrN2O3S. The van der Waals surface area contributed by atoms with Crippen LogP contribution in [0.4, 0.5) is 0 Å². The van der Waals surface area contributed by atoms with Gasteiger partial charge in [-0.15, -0.1) is 0 Å². The summed E-state index contributed by atoms with van der Waals surface area (Å²) in [6, 6.07) is 12.9. The van der Waals surface area contributed by atoms with Crippen LogP contribution in [-0.4, -0.2) is 14.3 Å². The summed E-state index contributed by atoms with van der Waals surface area (Å²) < 4.78 is 23.2. The molecule has 7 heteroatoms. The Morgan fingerprint density at radius 1 is 1.18 bits per heavy atom. The minimum Gasteiger partial charge on any atom is -0.346 e. The molecular weight excluding hydrogens is 368 g/mol. The van der Waals surface area contributed by atoms with Gasteiger partial charge in [-0.3, -0.25) is 4.79 Å². The SMILES string of the molecule is C[C@@H](NC(=O)c1cccc(Br)c1)c1ccc(S(N)(=O)=O)cc1. The number of hydrogen-bond donors (Lipinski definition) is 2. The molecule has 0 aliphatic rings. The average Bonchev–Trinajstić information content (AvgIpc) is 2.46. The largest absolute Gasteiger partial charge is 0.346 e. The van der Waals surface area contributed by atoms with Gasteiger partial charge in [0.05, 0.1) is 10.9 Å².